The van der Waals surface area contributed by atoms with Gasteiger partial charge in [0, 0.05) is 5.92 Å². The van der Waals surface area contributed by atoms with Crippen LogP contribution < -0.4 is 0 Å². The molecular weight excluding hydrogens is 230 g/mol. The number of nitrogens with zero attached hydrogens (tertiary/aromatic N) is 1. The maximum atomic E-state index is 4.97. The van der Waals surface area contributed by atoms with Crippen LogP contribution in [0.4, 0.5) is 0 Å². The Morgan fingerprint density at radius 2 is 2.16 bits per heavy atom. The van der Waals surface area contributed by atoms with Crippen LogP contribution in [0.5, 0.6) is 0 Å². The highest BCUT2D eigenvalue weighted by molar-refractivity contribution is 6.10. The molecule has 2 aliphatic carbocycles. The Morgan fingerprint density at radius 3 is 2.74 bits per heavy atom. The zero-order valence-corrected chi connectivity index (χ0v) is 12.0. The summed E-state index contributed by atoms with van der Waals surface area (Å²) >= 11 is 0. The summed E-state index contributed by atoms with van der Waals surface area (Å²) in [5, 5.41) is 0. The van der Waals surface area contributed by atoms with Gasteiger partial charge in [0.25, 0.3) is 0 Å². The minimum Gasteiger partial charge on any atom is -0.278 e. The first-order valence-corrected chi connectivity index (χ1v) is 7.06. The molecule has 0 spiro atoms. The van der Waals surface area contributed by atoms with Crippen LogP contribution in [0.3, 0.4) is 0 Å². The summed E-state index contributed by atoms with van der Waals surface area (Å²) in [6.07, 6.45) is 20.5. The smallest absolute Gasteiger partial charge is 0.0644 e. The third kappa shape index (κ3) is 3.44. The van der Waals surface area contributed by atoms with Gasteiger partial charge in [-0.25, -0.2) is 0 Å². The molecule has 19 heavy (non-hydrogen) atoms. The second-order valence-corrected chi connectivity index (χ2v) is 5.65. The molecule has 0 N–H and O–H groups in total. The molecule has 1 heteroatoms. The molecule has 0 aromatic carbocycles. The third-order valence-corrected chi connectivity index (χ3v) is 3.78. The van der Waals surface area contributed by atoms with Crippen LogP contribution in [0.2, 0.25) is 0 Å². The molecule has 0 aromatic heterocycles. The van der Waals surface area contributed by atoms with Gasteiger partial charge in [-0.3, -0.25) is 4.99 Å². The topological polar surface area (TPSA) is 12.4 Å². The van der Waals surface area contributed by atoms with Crippen molar-refractivity contribution in [1.29, 1.82) is 0 Å². The van der Waals surface area contributed by atoms with E-state index in [4.69, 9.17) is 4.99 Å². The molecule has 2 rings (SSSR count). The van der Waals surface area contributed by atoms with Crippen molar-refractivity contribution in [2.24, 2.45) is 10.9 Å². The lowest BCUT2D eigenvalue weighted by atomic mass is 9.83. The first-order chi connectivity index (χ1) is 9.13. The van der Waals surface area contributed by atoms with Crippen molar-refractivity contribution in [3.8, 4) is 0 Å². The Bertz CT molecular complexity index is 484. The summed E-state index contributed by atoms with van der Waals surface area (Å²) in [5.74, 6) is 0.459. The molecule has 1 atom stereocenters. The molecule has 0 aromatic rings. The van der Waals surface area contributed by atoms with E-state index in [1.165, 1.54) is 5.57 Å². The summed E-state index contributed by atoms with van der Waals surface area (Å²) in [7, 11) is 0. The van der Waals surface area contributed by atoms with E-state index in [1.54, 1.807) is 0 Å². The lowest BCUT2D eigenvalue weighted by molar-refractivity contribution is 0.387. The summed E-state index contributed by atoms with van der Waals surface area (Å²) in [5.41, 5.74) is 2.13. The van der Waals surface area contributed by atoms with Crippen LogP contribution in [-0.2, 0) is 0 Å². The van der Waals surface area contributed by atoms with Crippen molar-refractivity contribution in [3.05, 3.63) is 60.8 Å². The maximum absolute atomic E-state index is 4.97. The zero-order chi connectivity index (χ0) is 13.7. The van der Waals surface area contributed by atoms with E-state index < -0.39 is 0 Å². The molecule has 0 radical (unpaired) electrons. The highest BCUT2D eigenvalue weighted by Crippen LogP contribution is 2.29. The molecule has 2 aliphatic rings. The van der Waals surface area contributed by atoms with Crippen molar-refractivity contribution >= 4 is 5.71 Å². The number of allylic oxidation sites excluding steroid dienone is 8. The van der Waals surface area contributed by atoms with E-state index in [-0.39, 0.29) is 5.54 Å². The first kappa shape index (κ1) is 13.8. The van der Waals surface area contributed by atoms with Crippen molar-refractivity contribution in [2.45, 2.75) is 38.6 Å². The Labute approximate surface area is 116 Å². The molecular formula is C18H23N. The Balaban J connectivity index is 2.23. The van der Waals surface area contributed by atoms with Gasteiger partial charge in [0.15, 0.2) is 0 Å². The van der Waals surface area contributed by atoms with Crippen LogP contribution in [-0.4, -0.2) is 11.3 Å². The SMILES string of the molecule is C=CC(=NC(C)(C)C1C=CC=CC1)C1=CCCC=C1. The second-order valence-electron chi connectivity index (χ2n) is 5.65. The molecule has 1 nitrogen and oxygen atoms in total. The predicted molar refractivity (Wildman–Crippen MR) is 84.6 cm³/mol. The molecule has 1 unspecified atom stereocenters. The standard InChI is InChI=1S/C18H23N/c1-4-17(15-11-7-5-8-12-15)19-18(2,3)16-13-9-6-10-14-16/h4,6-7,9-13,16H,1,5,8,14H2,2-3H3. The van der Waals surface area contributed by atoms with E-state index in [2.05, 4.69) is 63.0 Å². The van der Waals surface area contributed by atoms with Gasteiger partial charge in [-0.15, -0.1) is 0 Å². The maximum Gasteiger partial charge on any atom is 0.0644 e. The van der Waals surface area contributed by atoms with Gasteiger partial charge in [-0.1, -0.05) is 49.1 Å². The van der Waals surface area contributed by atoms with Crippen LogP contribution in [0, 0.1) is 5.92 Å². The summed E-state index contributed by atoms with van der Waals surface area (Å²) < 4.78 is 0. The quantitative estimate of drug-likeness (QED) is 0.638. The van der Waals surface area contributed by atoms with Crippen molar-refractivity contribution in [3.63, 3.8) is 0 Å². The van der Waals surface area contributed by atoms with Crippen LogP contribution in [0.15, 0.2) is 65.8 Å². The Morgan fingerprint density at radius 1 is 1.32 bits per heavy atom. The van der Waals surface area contributed by atoms with Gasteiger partial charge in [-0.2, -0.15) is 0 Å². The number of hydrogen-bond acceptors (Lipinski definition) is 1. The highest BCUT2D eigenvalue weighted by atomic mass is 14.9. The van der Waals surface area contributed by atoms with Crippen molar-refractivity contribution < 1.29 is 0 Å². The zero-order valence-electron chi connectivity index (χ0n) is 12.0. The van der Waals surface area contributed by atoms with E-state index in [9.17, 15) is 0 Å². The number of aliphatic imine (C=N–C) groups is 1. The van der Waals surface area contributed by atoms with Gasteiger partial charge in [0.05, 0.1) is 11.3 Å². The van der Waals surface area contributed by atoms with Gasteiger partial charge in [-0.05, 0) is 44.8 Å². The van der Waals surface area contributed by atoms with Gasteiger partial charge < -0.3 is 0 Å². The lowest BCUT2D eigenvalue weighted by Crippen LogP contribution is -2.29. The Hall–Kier alpha value is -1.63. The van der Waals surface area contributed by atoms with E-state index in [0.29, 0.717) is 5.92 Å². The fourth-order valence-corrected chi connectivity index (χ4v) is 2.53. The minimum atomic E-state index is -0.100. The normalized spacial score (nSPS) is 23.4. The molecule has 0 bridgehead atoms. The fraction of sp³-hybridized carbons (Fsp3) is 0.389. The van der Waals surface area contributed by atoms with E-state index in [0.717, 1.165) is 25.0 Å². The fourth-order valence-electron chi connectivity index (χ4n) is 2.53. The molecule has 0 saturated heterocycles. The molecule has 0 saturated carbocycles. The third-order valence-electron chi connectivity index (χ3n) is 3.78. The van der Waals surface area contributed by atoms with E-state index in [1.807, 2.05) is 6.08 Å². The molecule has 0 fully saturated rings. The summed E-state index contributed by atoms with van der Waals surface area (Å²) in [6, 6.07) is 0. The van der Waals surface area contributed by atoms with Crippen LogP contribution >= 0.6 is 0 Å². The van der Waals surface area contributed by atoms with E-state index >= 15 is 0 Å². The lowest BCUT2D eigenvalue weighted by Gasteiger charge is -2.30. The first-order valence-electron chi connectivity index (χ1n) is 7.06. The molecule has 0 aliphatic heterocycles. The van der Waals surface area contributed by atoms with Crippen LogP contribution in [0.25, 0.3) is 0 Å². The van der Waals surface area contributed by atoms with Gasteiger partial charge in [0.2, 0.25) is 0 Å². The largest absolute Gasteiger partial charge is 0.278 e. The minimum absolute atomic E-state index is 0.100. The van der Waals surface area contributed by atoms with Crippen molar-refractivity contribution in [2.75, 3.05) is 0 Å². The van der Waals surface area contributed by atoms with Crippen molar-refractivity contribution in [1.82, 2.24) is 0 Å². The Kier molecular flexibility index (Phi) is 4.36. The molecule has 0 amide bonds. The predicted octanol–water partition coefficient (Wildman–Crippen LogP) is 4.80. The van der Waals surface area contributed by atoms with Gasteiger partial charge in [0.1, 0.15) is 0 Å². The second kappa shape index (κ2) is 6.01. The molecule has 100 valence electrons. The summed E-state index contributed by atoms with van der Waals surface area (Å²) in [6.45, 7) is 8.34. The highest BCUT2D eigenvalue weighted by Gasteiger charge is 2.27. The van der Waals surface area contributed by atoms with Gasteiger partial charge >= 0.3 is 0 Å². The average Bonchev–Trinajstić information content (AvgIpc) is 2.47. The summed E-state index contributed by atoms with van der Waals surface area (Å²) in [4.78, 5) is 4.97. The number of hydrogen-bond donors (Lipinski definition) is 0. The number of rotatable bonds is 4. The van der Waals surface area contributed by atoms with Crippen LogP contribution in [0.1, 0.15) is 33.1 Å². The monoisotopic (exact) mass is 253 g/mol. The average molecular weight is 253 g/mol. The molecule has 0 heterocycles.